The Hall–Kier alpha value is -3.02. The number of aromatic nitrogens is 1. The van der Waals surface area contributed by atoms with Crippen molar-refractivity contribution in [2.24, 2.45) is 0 Å². The molecule has 0 aliphatic carbocycles. The van der Waals surface area contributed by atoms with Crippen LogP contribution in [0.15, 0.2) is 83.1 Å². The molecule has 0 N–H and O–H groups in total. The molecular formula is C26H19IN2O3S2. The summed E-state index contributed by atoms with van der Waals surface area (Å²) in [7, 11) is -4.27. The molecule has 1 heterocycles. The van der Waals surface area contributed by atoms with Crippen LogP contribution in [0.2, 0.25) is 0 Å². The second-order valence-electron chi connectivity index (χ2n) is 7.00. The predicted molar refractivity (Wildman–Crippen MR) is 127 cm³/mol. The van der Waals surface area contributed by atoms with E-state index in [2.05, 4.69) is 53.2 Å². The van der Waals surface area contributed by atoms with E-state index in [1.807, 2.05) is 37.4 Å². The van der Waals surface area contributed by atoms with Crippen LogP contribution in [0.5, 0.6) is 0 Å². The molecule has 0 radical (unpaired) electrons. The second kappa shape index (κ2) is 11.9. The van der Waals surface area contributed by atoms with E-state index in [-0.39, 0.29) is 26.1 Å². The first-order valence-corrected chi connectivity index (χ1v) is 14.4. The normalized spacial score (nSPS) is 10.3. The van der Waals surface area contributed by atoms with Gasteiger partial charge in [0.15, 0.2) is 7.14 Å². The minimum Gasteiger partial charge on any atom is -0.744 e. The van der Waals surface area contributed by atoms with E-state index in [0.29, 0.717) is 5.56 Å². The van der Waals surface area contributed by atoms with E-state index in [0.717, 1.165) is 21.8 Å². The maximum atomic E-state index is 10.4. The first-order valence-electron chi connectivity index (χ1n) is 9.95. The summed E-state index contributed by atoms with van der Waals surface area (Å²) in [6.45, 7) is 3.79. The van der Waals surface area contributed by atoms with Crippen molar-refractivity contribution in [2.45, 2.75) is 18.7 Å². The van der Waals surface area contributed by atoms with Gasteiger partial charge in [-0.2, -0.15) is 5.26 Å². The zero-order valence-electron chi connectivity index (χ0n) is 18.3. The fourth-order valence-corrected chi connectivity index (χ4v) is 6.14. The highest BCUT2D eigenvalue weighted by molar-refractivity contribution is 7.85. The minimum absolute atomic E-state index is 0.178. The smallest absolute Gasteiger partial charge is 0.357 e. The Labute approximate surface area is 214 Å². The summed E-state index contributed by atoms with van der Waals surface area (Å²) in [5, 5.41) is 12.2. The van der Waals surface area contributed by atoms with Crippen molar-refractivity contribution in [3.63, 3.8) is 0 Å². The molecule has 4 aromatic rings. The molecule has 3 aromatic carbocycles. The molecular weight excluding hydrogens is 579 g/mol. The summed E-state index contributed by atoms with van der Waals surface area (Å²) in [6.07, 6.45) is 0. The average molecular weight is 598 g/mol. The number of nitriles is 1. The van der Waals surface area contributed by atoms with Gasteiger partial charge in [0.2, 0.25) is 0 Å². The Kier molecular flexibility index (Phi) is 8.97. The average Bonchev–Trinajstić information content (AvgIpc) is 3.23. The summed E-state index contributed by atoms with van der Waals surface area (Å²) in [6, 6.07) is 24.3. The maximum absolute atomic E-state index is 10.4. The van der Waals surface area contributed by atoms with Crippen LogP contribution in [0.3, 0.4) is 0 Å². The number of hydrogen-bond donors (Lipinski definition) is 0. The fourth-order valence-electron chi connectivity index (χ4n) is 2.65. The van der Waals surface area contributed by atoms with Crippen molar-refractivity contribution in [2.75, 3.05) is 0 Å². The van der Waals surface area contributed by atoms with Gasteiger partial charge < -0.3 is 4.55 Å². The van der Waals surface area contributed by atoms with Crippen LogP contribution in [0.4, 0.5) is 0 Å². The van der Waals surface area contributed by atoms with Crippen molar-refractivity contribution < 1.29 is 34.2 Å². The van der Waals surface area contributed by atoms with Gasteiger partial charge in [0.1, 0.15) is 15.8 Å². The number of aryl methyl sites for hydroxylation is 2. The van der Waals surface area contributed by atoms with Crippen molar-refractivity contribution in [3.8, 4) is 17.9 Å². The van der Waals surface area contributed by atoms with Gasteiger partial charge in [-0.15, -0.1) is 11.3 Å². The van der Waals surface area contributed by atoms with Gasteiger partial charge in [-0.25, -0.2) is 13.4 Å². The lowest BCUT2D eigenvalue weighted by Crippen LogP contribution is -3.61. The molecule has 0 aliphatic heterocycles. The first kappa shape index (κ1) is 25.6. The maximum Gasteiger partial charge on any atom is 0.357 e. The molecule has 0 saturated carbocycles. The lowest BCUT2D eigenvalue weighted by molar-refractivity contribution is -0.597. The van der Waals surface area contributed by atoms with E-state index < -0.39 is 10.1 Å². The molecule has 170 valence electrons. The molecule has 0 saturated heterocycles. The molecule has 0 unspecified atom stereocenters. The lowest BCUT2D eigenvalue weighted by atomic mass is 10.1. The summed E-state index contributed by atoms with van der Waals surface area (Å²) in [5.74, 6) is 6.21. The molecule has 5 nitrogen and oxygen atoms in total. The van der Waals surface area contributed by atoms with Crippen molar-refractivity contribution in [1.82, 2.24) is 4.98 Å². The number of thiazole rings is 1. The Bertz CT molecular complexity index is 1480. The number of rotatable bonds is 3. The van der Waals surface area contributed by atoms with Crippen LogP contribution < -0.4 is 21.2 Å². The summed E-state index contributed by atoms with van der Waals surface area (Å²) < 4.78 is 33.7. The summed E-state index contributed by atoms with van der Waals surface area (Å²) >= 11 is 1.29. The van der Waals surface area contributed by atoms with Crippen molar-refractivity contribution in [1.29, 1.82) is 5.26 Å². The van der Waals surface area contributed by atoms with Gasteiger partial charge in [-0.05, 0) is 50.1 Å². The number of nitrogens with zero attached hydrogens (tertiary/aromatic N) is 2. The second-order valence-corrected chi connectivity index (χ2v) is 12.5. The molecule has 34 heavy (non-hydrogen) atoms. The molecule has 0 aliphatic rings. The third kappa shape index (κ3) is 8.08. The van der Waals surface area contributed by atoms with Crippen molar-refractivity contribution in [3.05, 3.63) is 113 Å². The quantitative estimate of drug-likeness (QED) is 0.204. The topological polar surface area (TPSA) is 93.9 Å². The largest absolute Gasteiger partial charge is 0.744 e. The SMILES string of the molecule is Cc1ccc(S(=O)(=O)[O-])cc1.Cc1nc(C#Cc2cc(C#N)cc([I+]c3ccccc3)c2)cs1. The minimum atomic E-state index is -4.27. The number of benzene rings is 3. The molecule has 8 heteroatoms. The standard InChI is InChI=1S/C19H12IN2S.C7H8O3S/c1-14-22-19(13-23-14)8-7-15-9-16(12-21)11-18(10-15)20-17-5-3-2-4-6-17;1-6-2-4-7(5-3-6)11(8,9)10/h2-6,9-11,13H,1H3;2-5H,1H3,(H,8,9,10)/q+1;/p-1. The third-order valence-electron chi connectivity index (χ3n) is 4.24. The monoisotopic (exact) mass is 598 g/mol. The lowest BCUT2D eigenvalue weighted by Gasteiger charge is -2.05. The van der Waals surface area contributed by atoms with E-state index in [9.17, 15) is 18.2 Å². The van der Waals surface area contributed by atoms with Crippen molar-refractivity contribution >= 4 is 21.5 Å². The van der Waals surface area contributed by atoms with Gasteiger partial charge in [-0.3, -0.25) is 0 Å². The summed E-state index contributed by atoms with van der Waals surface area (Å²) in [5.41, 5.74) is 3.25. The molecule has 1 aromatic heterocycles. The Morgan fingerprint density at radius 1 is 0.912 bits per heavy atom. The molecule has 0 bridgehead atoms. The Morgan fingerprint density at radius 3 is 2.18 bits per heavy atom. The number of hydrogen-bond acceptors (Lipinski definition) is 6. The van der Waals surface area contributed by atoms with Gasteiger partial charge in [0.25, 0.3) is 0 Å². The molecule has 4 rings (SSSR count). The zero-order valence-corrected chi connectivity index (χ0v) is 22.1. The van der Waals surface area contributed by atoms with E-state index >= 15 is 0 Å². The van der Waals surface area contributed by atoms with Crippen LogP contribution in [0.1, 0.15) is 27.4 Å². The third-order valence-corrected chi connectivity index (χ3v) is 8.45. The highest BCUT2D eigenvalue weighted by atomic mass is 127. The number of halogens is 1. The molecule has 0 spiro atoms. The van der Waals surface area contributed by atoms with Gasteiger partial charge in [0.05, 0.1) is 21.5 Å². The first-order chi connectivity index (χ1) is 16.2. The Balaban J connectivity index is 0.000000248. The predicted octanol–water partition coefficient (Wildman–Crippen LogP) is 1.75. The highest BCUT2D eigenvalue weighted by Crippen LogP contribution is 2.09. The van der Waals surface area contributed by atoms with Gasteiger partial charge in [0, 0.05) is 23.1 Å². The van der Waals surface area contributed by atoms with E-state index in [1.165, 1.54) is 19.3 Å². The molecule has 0 fully saturated rings. The van der Waals surface area contributed by atoms with Crippen LogP contribution in [0, 0.1) is 44.2 Å². The van der Waals surface area contributed by atoms with E-state index in [4.69, 9.17) is 0 Å². The van der Waals surface area contributed by atoms with E-state index in [1.54, 1.807) is 23.5 Å². The van der Waals surface area contributed by atoms with Crippen LogP contribution >= 0.6 is 11.3 Å². The van der Waals surface area contributed by atoms with Crippen LogP contribution in [-0.4, -0.2) is 18.0 Å². The van der Waals surface area contributed by atoms with Gasteiger partial charge in [-0.1, -0.05) is 41.8 Å². The highest BCUT2D eigenvalue weighted by Gasteiger charge is 2.16. The molecule has 0 atom stereocenters. The van der Waals surface area contributed by atoms with Crippen LogP contribution in [-0.2, 0) is 10.1 Å². The van der Waals surface area contributed by atoms with Crippen LogP contribution in [0.25, 0.3) is 0 Å². The summed E-state index contributed by atoms with van der Waals surface area (Å²) in [4.78, 5) is 4.17. The Morgan fingerprint density at radius 2 is 1.59 bits per heavy atom. The van der Waals surface area contributed by atoms with Gasteiger partial charge >= 0.3 is 21.2 Å². The fraction of sp³-hybridized carbons (Fsp3) is 0.0769. The molecule has 0 amide bonds. The zero-order chi connectivity index (χ0) is 24.6.